The van der Waals surface area contributed by atoms with Crippen LogP contribution in [0.1, 0.15) is 37.8 Å². The van der Waals surface area contributed by atoms with Crippen LogP contribution >= 0.6 is 11.6 Å². The first-order valence-electron chi connectivity index (χ1n) is 10.7. The molecule has 168 valence electrons. The first kappa shape index (κ1) is 22.4. The molecule has 4 rings (SSSR count). The van der Waals surface area contributed by atoms with Crippen LogP contribution in [0.2, 0.25) is 5.02 Å². The van der Waals surface area contributed by atoms with Gasteiger partial charge in [-0.2, -0.15) is 4.98 Å². The minimum Gasteiger partial charge on any atom is -0.351 e. The van der Waals surface area contributed by atoms with Crippen molar-refractivity contribution in [3.63, 3.8) is 0 Å². The summed E-state index contributed by atoms with van der Waals surface area (Å²) >= 11 is 5.91. The molecule has 3 aromatic rings. The topological polar surface area (TPSA) is 96.0 Å². The van der Waals surface area contributed by atoms with Gasteiger partial charge in [0.15, 0.2) is 0 Å². The largest absolute Gasteiger partial charge is 0.351 e. The molecule has 1 heterocycles. The van der Waals surface area contributed by atoms with Gasteiger partial charge in [-0.25, -0.2) is 13.4 Å². The number of hydrogen-bond acceptors (Lipinski definition) is 6. The van der Waals surface area contributed by atoms with E-state index in [0.717, 1.165) is 24.2 Å². The number of nitrogens with one attached hydrogen (secondary N) is 3. The summed E-state index contributed by atoms with van der Waals surface area (Å²) < 4.78 is 27.7. The Kier molecular flexibility index (Phi) is 6.81. The highest BCUT2D eigenvalue weighted by Gasteiger charge is 2.16. The molecule has 1 aliphatic carbocycles. The summed E-state index contributed by atoms with van der Waals surface area (Å²) in [4.78, 5) is 9.22. The van der Waals surface area contributed by atoms with Crippen molar-refractivity contribution in [2.24, 2.45) is 0 Å². The number of nitrogens with zero attached hydrogens (tertiary/aromatic N) is 2. The monoisotopic (exact) mass is 471 g/mol. The fourth-order valence-electron chi connectivity index (χ4n) is 3.74. The first-order valence-corrected chi connectivity index (χ1v) is 12.5. The van der Waals surface area contributed by atoms with E-state index in [2.05, 4.69) is 25.3 Å². The molecule has 0 radical (unpaired) electrons. The summed E-state index contributed by atoms with van der Waals surface area (Å²) in [6.07, 6.45) is 6.06. The molecule has 0 aliphatic heterocycles. The van der Waals surface area contributed by atoms with E-state index < -0.39 is 10.0 Å². The molecular weight excluding hydrogens is 446 g/mol. The second-order valence-electron chi connectivity index (χ2n) is 7.96. The predicted molar refractivity (Wildman–Crippen MR) is 129 cm³/mol. The van der Waals surface area contributed by atoms with Crippen molar-refractivity contribution in [2.45, 2.75) is 50.0 Å². The third-order valence-electron chi connectivity index (χ3n) is 5.31. The fourth-order valence-corrected chi connectivity index (χ4v) is 5.10. The van der Waals surface area contributed by atoms with Gasteiger partial charge in [0.05, 0.1) is 4.90 Å². The molecule has 7 nitrogen and oxygen atoms in total. The second-order valence-corrected chi connectivity index (χ2v) is 10.1. The van der Waals surface area contributed by atoms with Gasteiger partial charge in [-0.1, -0.05) is 36.9 Å². The average Bonchev–Trinajstić information content (AvgIpc) is 2.75. The van der Waals surface area contributed by atoms with Crippen molar-refractivity contribution in [3.05, 3.63) is 65.3 Å². The third kappa shape index (κ3) is 5.89. The van der Waals surface area contributed by atoms with Gasteiger partial charge in [0.2, 0.25) is 5.95 Å². The lowest BCUT2D eigenvalue weighted by molar-refractivity contribution is 0.461. The summed E-state index contributed by atoms with van der Waals surface area (Å²) in [5, 5.41) is 7.09. The molecule has 9 heteroatoms. The number of rotatable bonds is 7. The maximum absolute atomic E-state index is 12.6. The van der Waals surface area contributed by atoms with E-state index in [1.54, 1.807) is 36.4 Å². The molecule has 1 aromatic heterocycles. The minimum absolute atomic E-state index is 0.113. The van der Waals surface area contributed by atoms with Gasteiger partial charge in [-0.05, 0) is 62.2 Å². The van der Waals surface area contributed by atoms with E-state index in [1.165, 1.54) is 31.4 Å². The van der Waals surface area contributed by atoms with E-state index in [-0.39, 0.29) is 4.90 Å². The van der Waals surface area contributed by atoms with Crippen LogP contribution in [0.4, 0.5) is 23.1 Å². The lowest BCUT2D eigenvalue weighted by Gasteiger charge is -2.23. The zero-order valence-electron chi connectivity index (χ0n) is 17.8. The quantitative estimate of drug-likeness (QED) is 0.407. The lowest BCUT2D eigenvalue weighted by Crippen LogP contribution is -2.23. The van der Waals surface area contributed by atoms with E-state index >= 15 is 0 Å². The molecular formula is C23H26ClN5O2S. The van der Waals surface area contributed by atoms with Gasteiger partial charge in [0.25, 0.3) is 10.0 Å². The molecule has 2 aromatic carbocycles. The number of hydrogen-bond donors (Lipinski definition) is 3. The number of sulfonamides is 1. The summed E-state index contributed by atoms with van der Waals surface area (Å²) in [6.45, 7) is 1.94. The molecule has 0 saturated heterocycles. The van der Waals surface area contributed by atoms with Crippen molar-refractivity contribution >= 4 is 44.8 Å². The van der Waals surface area contributed by atoms with Gasteiger partial charge in [0.1, 0.15) is 5.82 Å². The van der Waals surface area contributed by atoms with Crippen molar-refractivity contribution in [2.75, 3.05) is 15.4 Å². The summed E-state index contributed by atoms with van der Waals surface area (Å²) in [5.74, 6) is 1.31. The Labute approximate surface area is 193 Å². The maximum Gasteiger partial charge on any atom is 0.261 e. The number of aryl methyl sites for hydroxylation is 1. The first-order chi connectivity index (χ1) is 15.4. The standard InChI is InChI=1S/C23H26ClN5O2S/c1-16-14-22(28-23(25-16)27-18-7-3-2-4-8-18)26-19-10-12-20(13-11-19)29-32(30,31)21-9-5-6-17(24)15-21/h5-6,9-15,18,29H,2-4,7-8H2,1H3,(H2,25,26,27,28). The van der Waals surface area contributed by atoms with E-state index in [0.29, 0.717) is 28.5 Å². The fraction of sp³-hybridized carbons (Fsp3) is 0.304. The van der Waals surface area contributed by atoms with Crippen LogP contribution in [0.5, 0.6) is 0 Å². The molecule has 0 amide bonds. The Morgan fingerprint density at radius 3 is 2.38 bits per heavy atom. The van der Waals surface area contributed by atoms with Crippen LogP contribution in [-0.2, 0) is 10.0 Å². The van der Waals surface area contributed by atoms with Gasteiger partial charge < -0.3 is 10.6 Å². The Balaban J connectivity index is 1.43. The average molecular weight is 472 g/mol. The molecule has 3 N–H and O–H groups in total. The van der Waals surface area contributed by atoms with Crippen molar-refractivity contribution in [3.8, 4) is 0 Å². The van der Waals surface area contributed by atoms with Crippen LogP contribution in [0, 0.1) is 6.92 Å². The SMILES string of the molecule is Cc1cc(Nc2ccc(NS(=O)(=O)c3cccc(Cl)c3)cc2)nc(NC2CCCCC2)n1. The van der Waals surface area contributed by atoms with Crippen LogP contribution in [0.25, 0.3) is 0 Å². The highest BCUT2D eigenvalue weighted by atomic mass is 35.5. The van der Waals surface area contributed by atoms with Crippen molar-refractivity contribution in [1.29, 1.82) is 0 Å². The van der Waals surface area contributed by atoms with E-state index in [9.17, 15) is 8.42 Å². The number of anilines is 4. The highest BCUT2D eigenvalue weighted by Crippen LogP contribution is 2.24. The van der Waals surface area contributed by atoms with Gasteiger partial charge in [-0.15, -0.1) is 0 Å². The molecule has 1 fully saturated rings. The van der Waals surface area contributed by atoms with Crippen LogP contribution in [-0.4, -0.2) is 24.4 Å². The second kappa shape index (κ2) is 9.75. The Bertz CT molecular complexity index is 1180. The molecule has 0 unspecified atom stereocenters. The summed E-state index contributed by atoms with van der Waals surface area (Å²) in [6, 6.07) is 15.4. The molecule has 1 saturated carbocycles. The smallest absolute Gasteiger partial charge is 0.261 e. The normalized spacial score (nSPS) is 14.7. The summed E-state index contributed by atoms with van der Waals surface area (Å²) in [7, 11) is -3.72. The molecule has 1 aliphatic rings. The van der Waals surface area contributed by atoms with Crippen molar-refractivity contribution in [1.82, 2.24) is 9.97 Å². The minimum atomic E-state index is -3.72. The lowest BCUT2D eigenvalue weighted by atomic mass is 9.96. The Morgan fingerprint density at radius 2 is 1.66 bits per heavy atom. The predicted octanol–water partition coefficient (Wildman–Crippen LogP) is 5.73. The van der Waals surface area contributed by atoms with Crippen molar-refractivity contribution < 1.29 is 8.42 Å². The highest BCUT2D eigenvalue weighted by molar-refractivity contribution is 7.92. The Morgan fingerprint density at radius 1 is 0.938 bits per heavy atom. The number of halogens is 1. The molecule has 0 atom stereocenters. The third-order valence-corrected chi connectivity index (χ3v) is 6.92. The van der Waals surface area contributed by atoms with E-state index in [4.69, 9.17) is 11.6 Å². The molecule has 0 spiro atoms. The number of benzene rings is 2. The van der Waals surface area contributed by atoms with Gasteiger partial charge >= 0.3 is 0 Å². The van der Waals surface area contributed by atoms with Crippen LogP contribution in [0.15, 0.2) is 59.5 Å². The zero-order chi connectivity index (χ0) is 22.6. The maximum atomic E-state index is 12.6. The van der Waals surface area contributed by atoms with Crippen LogP contribution in [0.3, 0.4) is 0 Å². The van der Waals surface area contributed by atoms with E-state index in [1.807, 2.05) is 13.0 Å². The van der Waals surface area contributed by atoms with Gasteiger partial charge in [-0.3, -0.25) is 4.72 Å². The molecule has 32 heavy (non-hydrogen) atoms. The van der Waals surface area contributed by atoms with Crippen LogP contribution < -0.4 is 15.4 Å². The zero-order valence-corrected chi connectivity index (χ0v) is 19.4. The number of aromatic nitrogens is 2. The molecule has 0 bridgehead atoms. The van der Waals surface area contributed by atoms with Gasteiger partial charge in [0, 0.05) is 34.2 Å². The Hall–Kier alpha value is -2.84. The summed E-state index contributed by atoms with van der Waals surface area (Å²) in [5.41, 5.74) is 2.11.